The van der Waals surface area contributed by atoms with E-state index in [-0.39, 0.29) is 18.2 Å². The largest absolute Gasteiger partial charge is 0.418 e. The van der Waals surface area contributed by atoms with Crippen molar-refractivity contribution < 1.29 is 27.5 Å². The number of ether oxygens (including phenoxy) is 1. The van der Waals surface area contributed by atoms with Gasteiger partial charge in [-0.1, -0.05) is 18.2 Å². The van der Waals surface area contributed by atoms with Crippen LogP contribution >= 0.6 is 0 Å². The maximum absolute atomic E-state index is 13.1. The molecule has 29 heavy (non-hydrogen) atoms. The Hall–Kier alpha value is -3.07. The van der Waals surface area contributed by atoms with E-state index in [1.807, 2.05) is 0 Å². The molecule has 1 aliphatic rings. The molecule has 2 aromatic rings. The summed E-state index contributed by atoms with van der Waals surface area (Å²) >= 11 is 0. The Bertz CT molecular complexity index is 915. The van der Waals surface area contributed by atoms with E-state index >= 15 is 0 Å². The van der Waals surface area contributed by atoms with Gasteiger partial charge < -0.3 is 20.3 Å². The van der Waals surface area contributed by atoms with Gasteiger partial charge in [0.1, 0.15) is 6.61 Å². The molecule has 0 radical (unpaired) electrons. The molecule has 0 aliphatic carbocycles. The third-order valence-corrected chi connectivity index (χ3v) is 4.51. The number of aryl methyl sites for hydroxylation is 1. The number of amides is 3. The molecule has 1 heterocycles. The third kappa shape index (κ3) is 4.86. The van der Waals surface area contributed by atoms with Crippen molar-refractivity contribution in [2.24, 2.45) is 0 Å². The van der Waals surface area contributed by atoms with Crippen LogP contribution < -0.4 is 15.5 Å². The van der Waals surface area contributed by atoms with Gasteiger partial charge in [-0.2, -0.15) is 13.2 Å². The van der Waals surface area contributed by atoms with Crippen LogP contribution in [0.3, 0.4) is 0 Å². The van der Waals surface area contributed by atoms with Gasteiger partial charge in [-0.05, 0) is 42.7 Å². The van der Waals surface area contributed by atoms with Crippen molar-refractivity contribution in [3.05, 3.63) is 53.6 Å². The van der Waals surface area contributed by atoms with Crippen LogP contribution in [0.2, 0.25) is 0 Å². The van der Waals surface area contributed by atoms with Gasteiger partial charge in [0.2, 0.25) is 0 Å². The SMILES string of the molecule is COCC(=O)N1CCCc2ccc(NC(=O)Nc3ccccc3C(F)(F)F)cc21. The number of nitrogens with one attached hydrogen (secondary N) is 2. The van der Waals surface area contributed by atoms with Gasteiger partial charge >= 0.3 is 12.2 Å². The number of anilines is 3. The number of fused-ring (bicyclic) bond motifs is 1. The molecular formula is C20H20F3N3O3. The molecule has 1 aliphatic heterocycles. The molecule has 9 heteroatoms. The third-order valence-electron chi connectivity index (χ3n) is 4.51. The number of nitrogens with zero attached hydrogens (tertiary/aromatic N) is 1. The minimum atomic E-state index is -4.59. The number of hydrogen-bond donors (Lipinski definition) is 2. The summed E-state index contributed by atoms with van der Waals surface area (Å²) in [5, 5.41) is 4.75. The van der Waals surface area contributed by atoms with Crippen LogP contribution in [0.4, 0.5) is 35.0 Å². The fraction of sp³-hybridized carbons (Fsp3) is 0.300. The van der Waals surface area contributed by atoms with Gasteiger partial charge in [-0.3, -0.25) is 4.79 Å². The lowest BCUT2D eigenvalue weighted by atomic mass is 10.0. The zero-order chi connectivity index (χ0) is 21.0. The highest BCUT2D eigenvalue weighted by molar-refractivity contribution is 6.01. The highest BCUT2D eigenvalue weighted by Crippen LogP contribution is 2.35. The van der Waals surface area contributed by atoms with E-state index in [9.17, 15) is 22.8 Å². The van der Waals surface area contributed by atoms with Crippen LogP contribution in [0.1, 0.15) is 17.5 Å². The van der Waals surface area contributed by atoms with Crippen molar-refractivity contribution in [3.63, 3.8) is 0 Å². The number of hydrogen-bond acceptors (Lipinski definition) is 3. The molecule has 0 aromatic heterocycles. The number of carbonyl (C=O) groups is 2. The van der Waals surface area contributed by atoms with Gasteiger partial charge in [0.15, 0.2) is 0 Å². The molecule has 2 N–H and O–H groups in total. The molecule has 0 unspecified atom stereocenters. The lowest BCUT2D eigenvalue weighted by Gasteiger charge is -2.30. The Kier molecular flexibility index (Phi) is 6.07. The fourth-order valence-electron chi connectivity index (χ4n) is 3.24. The molecule has 3 amide bonds. The standard InChI is InChI=1S/C20H20F3N3O3/c1-29-12-18(27)26-10-4-5-13-8-9-14(11-17(13)26)24-19(28)25-16-7-3-2-6-15(16)20(21,22)23/h2-3,6-9,11H,4-5,10,12H2,1H3,(H2,24,25,28). The molecule has 3 rings (SSSR count). The summed E-state index contributed by atoms with van der Waals surface area (Å²) in [7, 11) is 1.43. The average molecular weight is 407 g/mol. The number of benzene rings is 2. The number of halogens is 3. The molecule has 0 bridgehead atoms. The van der Waals surface area contributed by atoms with Crippen molar-refractivity contribution in [2.45, 2.75) is 19.0 Å². The molecule has 0 fully saturated rings. The zero-order valence-corrected chi connectivity index (χ0v) is 15.7. The predicted octanol–water partition coefficient (Wildman–Crippen LogP) is 4.28. The Labute approximate surface area is 165 Å². The number of methoxy groups -OCH3 is 1. The number of para-hydroxylation sites is 1. The van der Waals surface area contributed by atoms with E-state index < -0.39 is 17.8 Å². The Balaban J connectivity index is 1.77. The Morgan fingerprint density at radius 3 is 2.62 bits per heavy atom. The Morgan fingerprint density at radius 2 is 1.90 bits per heavy atom. The summed E-state index contributed by atoms with van der Waals surface area (Å²) < 4.78 is 44.1. The molecular weight excluding hydrogens is 387 g/mol. The highest BCUT2D eigenvalue weighted by Gasteiger charge is 2.33. The van der Waals surface area contributed by atoms with Crippen molar-refractivity contribution in [3.8, 4) is 0 Å². The van der Waals surface area contributed by atoms with Gasteiger partial charge in [0.25, 0.3) is 5.91 Å². The van der Waals surface area contributed by atoms with E-state index in [1.54, 1.807) is 23.1 Å². The first-order valence-electron chi connectivity index (χ1n) is 8.96. The molecule has 0 spiro atoms. The van der Waals surface area contributed by atoms with Crippen LogP contribution in [0, 0.1) is 0 Å². The zero-order valence-electron chi connectivity index (χ0n) is 15.7. The maximum Gasteiger partial charge on any atom is 0.418 e. The van der Waals surface area contributed by atoms with Gasteiger partial charge in [-0.25, -0.2) is 4.79 Å². The summed E-state index contributed by atoms with van der Waals surface area (Å²) in [6, 6.07) is 9.00. The first-order valence-corrected chi connectivity index (χ1v) is 8.96. The smallest absolute Gasteiger partial charge is 0.375 e. The summed E-state index contributed by atoms with van der Waals surface area (Å²) in [6.45, 7) is 0.468. The lowest BCUT2D eigenvalue weighted by molar-refractivity contribution is -0.136. The number of rotatable bonds is 4. The normalized spacial score (nSPS) is 13.6. The fourth-order valence-corrected chi connectivity index (χ4v) is 3.24. The van der Waals surface area contributed by atoms with E-state index in [1.165, 1.54) is 25.3 Å². The average Bonchev–Trinajstić information content (AvgIpc) is 2.67. The van der Waals surface area contributed by atoms with Crippen molar-refractivity contribution in [1.29, 1.82) is 0 Å². The molecule has 154 valence electrons. The molecule has 6 nitrogen and oxygen atoms in total. The number of urea groups is 1. The molecule has 2 aromatic carbocycles. The molecule has 0 saturated carbocycles. The first-order chi connectivity index (χ1) is 13.8. The highest BCUT2D eigenvalue weighted by atomic mass is 19.4. The number of carbonyl (C=O) groups excluding carboxylic acids is 2. The van der Waals surface area contributed by atoms with Gasteiger partial charge in [0.05, 0.1) is 11.3 Å². The van der Waals surface area contributed by atoms with Gasteiger partial charge in [-0.15, -0.1) is 0 Å². The quantitative estimate of drug-likeness (QED) is 0.795. The molecule has 0 atom stereocenters. The van der Waals surface area contributed by atoms with Crippen molar-refractivity contribution in [2.75, 3.05) is 35.8 Å². The van der Waals surface area contributed by atoms with Crippen LogP contribution in [-0.2, 0) is 22.1 Å². The van der Waals surface area contributed by atoms with Crippen LogP contribution in [0.15, 0.2) is 42.5 Å². The van der Waals surface area contributed by atoms with Crippen LogP contribution in [0.5, 0.6) is 0 Å². The van der Waals surface area contributed by atoms with Crippen LogP contribution in [-0.4, -0.2) is 32.2 Å². The van der Waals surface area contributed by atoms with Crippen molar-refractivity contribution in [1.82, 2.24) is 0 Å². The van der Waals surface area contributed by atoms with Crippen LogP contribution in [0.25, 0.3) is 0 Å². The summed E-state index contributed by atoms with van der Waals surface area (Å²) in [5.74, 6) is -0.200. The maximum atomic E-state index is 13.1. The van der Waals surface area contributed by atoms with E-state index in [4.69, 9.17) is 4.74 Å². The Morgan fingerprint density at radius 1 is 1.14 bits per heavy atom. The topological polar surface area (TPSA) is 70.7 Å². The minimum absolute atomic E-state index is 0.0637. The van der Waals surface area contributed by atoms with Crippen molar-refractivity contribution >= 4 is 29.0 Å². The summed E-state index contributed by atoms with van der Waals surface area (Å²) in [6.07, 6.45) is -2.99. The second-order valence-electron chi connectivity index (χ2n) is 6.55. The second kappa shape index (κ2) is 8.52. The predicted molar refractivity (Wildman–Crippen MR) is 103 cm³/mol. The summed E-state index contributed by atoms with van der Waals surface area (Å²) in [4.78, 5) is 26.1. The van der Waals surface area contributed by atoms with Gasteiger partial charge in [0, 0.05) is 25.0 Å². The first kappa shape index (κ1) is 20.7. The van der Waals surface area contributed by atoms with E-state index in [0.717, 1.165) is 24.5 Å². The molecule has 0 saturated heterocycles. The van der Waals surface area contributed by atoms with E-state index in [0.29, 0.717) is 17.9 Å². The lowest BCUT2D eigenvalue weighted by Crippen LogP contribution is -2.37. The monoisotopic (exact) mass is 407 g/mol. The second-order valence-corrected chi connectivity index (χ2v) is 6.55. The van der Waals surface area contributed by atoms with E-state index in [2.05, 4.69) is 10.6 Å². The number of alkyl halides is 3. The minimum Gasteiger partial charge on any atom is -0.375 e. The summed E-state index contributed by atoms with van der Waals surface area (Å²) in [5.41, 5.74) is 0.702.